The number of nitrogens with two attached hydrogens (primary N) is 1. The highest BCUT2D eigenvalue weighted by molar-refractivity contribution is 7.15. The van der Waals surface area contributed by atoms with Crippen LogP contribution in [0.2, 0.25) is 0 Å². The van der Waals surface area contributed by atoms with Crippen molar-refractivity contribution in [3.8, 4) is 0 Å². The number of thiazole rings is 1. The van der Waals surface area contributed by atoms with Crippen LogP contribution in [0.5, 0.6) is 0 Å². The maximum atomic E-state index is 5.82. The molecule has 0 amide bonds. The highest BCUT2D eigenvalue weighted by Gasteiger charge is 2.10. The van der Waals surface area contributed by atoms with Gasteiger partial charge in [-0.3, -0.25) is 0 Å². The van der Waals surface area contributed by atoms with Crippen molar-refractivity contribution in [2.45, 2.75) is 13.0 Å². The van der Waals surface area contributed by atoms with Crippen LogP contribution in [0.4, 0.5) is 10.8 Å². The van der Waals surface area contributed by atoms with E-state index in [0.29, 0.717) is 0 Å². The highest BCUT2D eigenvalue weighted by atomic mass is 32.1. The van der Waals surface area contributed by atoms with E-state index < -0.39 is 0 Å². The average molecular weight is 233 g/mol. The normalized spacial score (nSPS) is 12.4. The molecule has 16 heavy (non-hydrogen) atoms. The molecule has 2 aromatic rings. The van der Waals surface area contributed by atoms with E-state index in [4.69, 9.17) is 5.73 Å². The molecule has 0 radical (unpaired) electrons. The SMILES string of the molecule is CC(N)c1cnc(N(C)c2ccccc2)s1. The first-order valence-electron chi connectivity index (χ1n) is 5.18. The van der Waals surface area contributed by atoms with Gasteiger partial charge in [-0.25, -0.2) is 4.98 Å². The Balaban J connectivity index is 2.24. The smallest absolute Gasteiger partial charge is 0.189 e. The molecule has 3 nitrogen and oxygen atoms in total. The first-order valence-corrected chi connectivity index (χ1v) is 6.00. The second-order valence-corrected chi connectivity index (χ2v) is 4.77. The molecule has 4 heteroatoms. The van der Waals surface area contributed by atoms with E-state index in [9.17, 15) is 0 Å². The molecule has 0 bridgehead atoms. The lowest BCUT2D eigenvalue weighted by Gasteiger charge is -2.15. The van der Waals surface area contributed by atoms with Gasteiger partial charge in [0.25, 0.3) is 0 Å². The minimum absolute atomic E-state index is 0.0513. The van der Waals surface area contributed by atoms with Gasteiger partial charge in [0.15, 0.2) is 5.13 Å². The third-order valence-electron chi connectivity index (χ3n) is 2.39. The van der Waals surface area contributed by atoms with Crippen LogP contribution in [-0.4, -0.2) is 12.0 Å². The van der Waals surface area contributed by atoms with E-state index in [1.54, 1.807) is 11.3 Å². The Morgan fingerprint density at radius 3 is 2.56 bits per heavy atom. The van der Waals surface area contributed by atoms with E-state index in [1.807, 2.05) is 38.4 Å². The van der Waals surface area contributed by atoms with Gasteiger partial charge in [0.05, 0.1) is 0 Å². The molecule has 0 saturated carbocycles. The lowest BCUT2D eigenvalue weighted by molar-refractivity contribution is 0.835. The Morgan fingerprint density at radius 2 is 2.00 bits per heavy atom. The standard InChI is InChI=1S/C12H15N3S/c1-9(13)11-8-14-12(16-11)15(2)10-6-4-3-5-7-10/h3-9H,13H2,1-2H3. The van der Waals surface area contributed by atoms with Crippen molar-refractivity contribution in [3.05, 3.63) is 41.4 Å². The van der Waals surface area contributed by atoms with Crippen molar-refractivity contribution >= 4 is 22.2 Å². The third kappa shape index (κ3) is 2.23. The Labute approximate surface area is 99.5 Å². The maximum Gasteiger partial charge on any atom is 0.189 e. The molecule has 1 unspecified atom stereocenters. The summed E-state index contributed by atoms with van der Waals surface area (Å²) in [6.07, 6.45) is 1.85. The van der Waals surface area contributed by atoms with Gasteiger partial charge in [0.2, 0.25) is 0 Å². The van der Waals surface area contributed by atoms with Crippen molar-refractivity contribution in [2.24, 2.45) is 5.73 Å². The number of hydrogen-bond donors (Lipinski definition) is 1. The second-order valence-electron chi connectivity index (χ2n) is 3.73. The molecular weight excluding hydrogens is 218 g/mol. The van der Waals surface area contributed by atoms with E-state index in [1.165, 1.54) is 0 Å². The van der Waals surface area contributed by atoms with E-state index in [0.717, 1.165) is 15.7 Å². The van der Waals surface area contributed by atoms with Crippen molar-refractivity contribution in [1.82, 2.24) is 4.98 Å². The molecule has 1 aromatic heterocycles. The Bertz CT molecular complexity index is 450. The molecule has 2 rings (SSSR count). The number of rotatable bonds is 3. The zero-order valence-electron chi connectivity index (χ0n) is 9.42. The van der Waals surface area contributed by atoms with Gasteiger partial charge in [-0.1, -0.05) is 29.5 Å². The number of aromatic nitrogens is 1. The van der Waals surface area contributed by atoms with Gasteiger partial charge >= 0.3 is 0 Å². The summed E-state index contributed by atoms with van der Waals surface area (Å²) < 4.78 is 0. The zero-order valence-corrected chi connectivity index (χ0v) is 10.2. The summed E-state index contributed by atoms with van der Waals surface area (Å²) in [5.74, 6) is 0. The first kappa shape index (κ1) is 11.1. The van der Waals surface area contributed by atoms with Crippen LogP contribution in [0.3, 0.4) is 0 Å². The van der Waals surface area contributed by atoms with Crippen molar-refractivity contribution in [3.63, 3.8) is 0 Å². The van der Waals surface area contributed by atoms with Crippen molar-refractivity contribution in [2.75, 3.05) is 11.9 Å². The number of para-hydroxylation sites is 1. The van der Waals surface area contributed by atoms with E-state index in [2.05, 4.69) is 22.0 Å². The largest absolute Gasteiger partial charge is 0.323 e. The predicted octanol–water partition coefficient (Wildman–Crippen LogP) is 2.93. The minimum Gasteiger partial charge on any atom is -0.323 e. The fourth-order valence-electron chi connectivity index (χ4n) is 1.40. The van der Waals surface area contributed by atoms with Gasteiger partial charge < -0.3 is 10.6 Å². The Morgan fingerprint density at radius 1 is 1.31 bits per heavy atom. The first-order chi connectivity index (χ1) is 7.68. The van der Waals surface area contributed by atoms with Gasteiger partial charge in [-0.2, -0.15) is 0 Å². The van der Waals surface area contributed by atoms with Crippen LogP contribution in [0.1, 0.15) is 17.8 Å². The third-order valence-corrected chi connectivity index (χ3v) is 3.67. The zero-order chi connectivity index (χ0) is 11.5. The predicted molar refractivity (Wildman–Crippen MR) is 69.2 cm³/mol. The number of hydrogen-bond acceptors (Lipinski definition) is 4. The van der Waals surface area contributed by atoms with Crippen LogP contribution in [0, 0.1) is 0 Å². The van der Waals surface area contributed by atoms with E-state index in [-0.39, 0.29) is 6.04 Å². The van der Waals surface area contributed by atoms with Gasteiger partial charge in [-0.15, -0.1) is 0 Å². The van der Waals surface area contributed by atoms with Crippen LogP contribution in [0.25, 0.3) is 0 Å². The van der Waals surface area contributed by atoms with Crippen LogP contribution in [-0.2, 0) is 0 Å². The molecule has 84 valence electrons. The Hall–Kier alpha value is -1.39. The van der Waals surface area contributed by atoms with Gasteiger partial charge in [0.1, 0.15) is 0 Å². The minimum atomic E-state index is 0.0513. The summed E-state index contributed by atoms with van der Waals surface area (Å²) >= 11 is 1.63. The van der Waals surface area contributed by atoms with Gasteiger partial charge in [-0.05, 0) is 19.1 Å². The summed E-state index contributed by atoms with van der Waals surface area (Å²) in [7, 11) is 2.01. The molecule has 0 saturated heterocycles. The fourth-order valence-corrected chi connectivity index (χ4v) is 2.25. The number of anilines is 2. The van der Waals surface area contributed by atoms with Crippen LogP contribution < -0.4 is 10.6 Å². The average Bonchev–Trinajstić information content (AvgIpc) is 2.78. The lowest BCUT2D eigenvalue weighted by atomic mass is 10.3. The lowest BCUT2D eigenvalue weighted by Crippen LogP contribution is -2.08. The number of nitrogens with zero attached hydrogens (tertiary/aromatic N) is 2. The monoisotopic (exact) mass is 233 g/mol. The quantitative estimate of drug-likeness (QED) is 0.886. The van der Waals surface area contributed by atoms with E-state index >= 15 is 0 Å². The summed E-state index contributed by atoms with van der Waals surface area (Å²) in [5.41, 5.74) is 6.95. The second kappa shape index (κ2) is 4.63. The summed E-state index contributed by atoms with van der Waals surface area (Å²) in [6.45, 7) is 1.97. The Kier molecular flexibility index (Phi) is 3.22. The maximum absolute atomic E-state index is 5.82. The van der Waals surface area contributed by atoms with Crippen molar-refractivity contribution in [1.29, 1.82) is 0 Å². The molecular formula is C12H15N3S. The van der Waals surface area contributed by atoms with Crippen molar-refractivity contribution < 1.29 is 0 Å². The summed E-state index contributed by atoms with van der Waals surface area (Å²) in [6, 6.07) is 10.2. The molecule has 1 aromatic carbocycles. The topological polar surface area (TPSA) is 42.1 Å². The molecule has 0 aliphatic heterocycles. The molecule has 0 aliphatic carbocycles. The highest BCUT2D eigenvalue weighted by Crippen LogP contribution is 2.29. The summed E-state index contributed by atoms with van der Waals surface area (Å²) in [4.78, 5) is 7.55. The number of benzene rings is 1. The van der Waals surface area contributed by atoms with Crippen LogP contribution >= 0.6 is 11.3 Å². The fraction of sp³-hybridized carbons (Fsp3) is 0.250. The molecule has 0 spiro atoms. The molecule has 2 N–H and O–H groups in total. The molecule has 1 heterocycles. The van der Waals surface area contributed by atoms with Gasteiger partial charge in [0, 0.05) is 29.9 Å². The molecule has 0 fully saturated rings. The van der Waals surface area contributed by atoms with Crippen LogP contribution in [0.15, 0.2) is 36.5 Å². The molecule has 0 aliphatic rings. The molecule has 1 atom stereocenters. The summed E-state index contributed by atoms with van der Waals surface area (Å²) in [5, 5.41) is 0.971.